The van der Waals surface area contributed by atoms with Crippen LogP contribution in [0, 0.1) is 0 Å². The number of hydrogen-bond donors (Lipinski definition) is 1. The van der Waals surface area contributed by atoms with Crippen LogP contribution in [0.4, 0.5) is 0 Å². The summed E-state index contributed by atoms with van der Waals surface area (Å²) in [5.41, 5.74) is 2.30. The van der Waals surface area contributed by atoms with Gasteiger partial charge in [-0.1, -0.05) is 24.3 Å². The Morgan fingerprint density at radius 1 is 1.38 bits per heavy atom. The zero-order valence-electron chi connectivity index (χ0n) is 12.8. The van der Waals surface area contributed by atoms with Gasteiger partial charge in [0.15, 0.2) is 0 Å². The van der Waals surface area contributed by atoms with Crippen molar-refractivity contribution in [1.29, 1.82) is 0 Å². The lowest BCUT2D eigenvalue weighted by Gasteiger charge is -2.29. The van der Waals surface area contributed by atoms with Crippen molar-refractivity contribution < 1.29 is 14.3 Å². The van der Waals surface area contributed by atoms with E-state index >= 15 is 0 Å². The number of rotatable bonds is 6. The molecule has 1 N–H and O–H groups in total. The molecule has 1 aromatic carbocycles. The Kier molecular flexibility index (Phi) is 6.17. The van der Waals surface area contributed by atoms with Gasteiger partial charge < -0.3 is 19.7 Å². The first kappa shape index (κ1) is 15.9. The number of morpholine rings is 1. The molecule has 1 aromatic rings. The SMILES string of the molecule is COCc1cccc(CNC(C)C(=O)N2CCOCC2)c1. The highest BCUT2D eigenvalue weighted by molar-refractivity contribution is 5.81. The molecule has 1 unspecified atom stereocenters. The number of carbonyl (C=O) groups excluding carboxylic acids is 1. The maximum absolute atomic E-state index is 12.3. The van der Waals surface area contributed by atoms with Gasteiger partial charge in [0.05, 0.1) is 25.9 Å². The lowest BCUT2D eigenvalue weighted by atomic mass is 10.1. The van der Waals surface area contributed by atoms with Crippen molar-refractivity contribution in [3.05, 3.63) is 35.4 Å². The number of ether oxygens (including phenoxy) is 2. The number of benzene rings is 1. The normalized spacial score (nSPS) is 16.8. The molecule has 0 saturated carbocycles. The summed E-state index contributed by atoms with van der Waals surface area (Å²) in [6, 6.07) is 8.02. The Morgan fingerprint density at radius 3 is 2.81 bits per heavy atom. The van der Waals surface area contributed by atoms with Crippen molar-refractivity contribution in [2.24, 2.45) is 0 Å². The monoisotopic (exact) mass is 292 g/mol. The molecule has 5 nitrogen and oxygen atoms in total. The highest BCUT2D eigenvalue weighted by atomic mass is 16.5. The van der Waals surface area contributed by atoms with Gasteiger partial charge in [-0.25, -0.2) is 0 Å². The van der Waals surface area contributed by atoms with E-state index in [2.05, 4.69) is 17.4 Å². The maximum Gasteiger partial charge on any atom is 0.239 e. The number of methoxy groups -OCH3 is 1. The van der Waals surface area contributed by atoms with Crippen molar-refractivity contribution in [3.8, 4) is 0 Å². The fourth-order valence-electron chi connectivity index (χ4n) is 2.41. The summed E-state index contributed by atoms with van der Waals surface area (Å²) in [6.07, 6.45) is 0. The second kappa shape index (κ2) is 8.12. The predicted octanol–water partition coefficient (Wildman–Crippen LogP) is 1.17. The van der Waals surface area contributed by atoms with Crippen LogP contribution in [0.3, 0.4) is 0 Å². The van der Waals surface area contributed by atoms with Crippen molar-refractivity contribution >= 4 is 5.91 Å². The maximum atomic E-state index is 12.3. The first-order valence-corrected chi connectivity index (χ1v) is 7.37. The summed E-state index contributed by atoms with van der Waals surface area (Å²) in [4.78, 5) is 14.1. The standard InChI is InChI=1S/C16H24N2O3/c1-13(16(19)18-6-8-21-9-7-18)17-11-14-4-3-5-15(10-14)12-20-2/h3-5,10,13,17H,6-9,11-12H2,1-2H3. The first-order valence-electron chi connectivity index (χ1n) is 7.37. The van der Waals surface area contributed by atoms with E-state index in [1.165, 1.54) is 0 Å². The lowest BCUT2D eigenvalue weighted by Crippen LogP contribution is -2.49. The summed E-state index contributed by atoms with van der Waals surface area (Å²) in [6.45, 7) is 5.85. The first-order chi connectivity index (χ1) is 10.2. The molecular formula is C16H24N2O3. The molecule has 1 heterocycles. The molecule has 1 aliphatic rings. The van der Waals surface area contributed by atoms with Gasteiger partial charge in [0, 0.05) is 26.7 Å². The van der Waals surface area contributed by atoms with Crippen molar-refractivity contribution in [2.75, 3.05) is 33.4 Å². The minimum absolute atomic E-state index is 0.145. The Labute approximate surface area is 126 Å². The van der Waals surface area contributed by atoms with Gasteiger partial charge in [0.1, 0.15) is 0 Å². The summed E-state index contributed by atoms with van der Waals surface area (Å²) < 4.78 is 10.4. The van der Waals surface area contributed by atoms with E-state index < -0.39 is 0 Å². The largest absolute Gasteiger partial charge is 0.380 e. The zero-order valence-corrected chi connectivity index (χ0v) is 12.8. The van der Waals surface area contributed by atoms with Gasteiger partial charge in [-0.2, -0.15) is 0 Å². The minimum atomic E-state index is -0.186. The third-order valence-corrected chi connectivity index (χ3v) is 3.61. The molecule has 2 rings (SSSR count). The van der Waals surface area contributed by atoms with Crippen LogP contribution in [-0.2, 0) is 27.4 Å². The van der Waals surface area contributed by atoms with Crippen molar-refractivity contribution in [2.45, 2.75) is 26.1 Å². The second-order valence-corrected chi connectivity index (χ2v) is 5.29. The van der Waals surface area contributed by atoms with E-state index in [-0.39, 0.29) is 11.9 Å². The fourth-order valence-corrected chi connectivity index (χ4v) is 2.41. The molecule has 0 aromatic heterocycles. The number of nitrogens with one attached hydrogen (secondary N) is 1. The van der Waals surface area contributed by atoms with Crippen LogP contribution in [0.1, 0.15) is 18.1 Å². The molecular weight excluding hydrogens is 268 g/mol. The second-order valence-electron chi connectivity index (χ2n) is 5.29. The summed E-state index contributed by atoms with van der Waals surface area (Å²) in [7, 11) is 1.69. The van der Waals surface area contributed by atoms with Crippen LogP contribution < -0.4 is 5.32 Å². The summed E-state index contributed by atoms with van der Waals surface area (Å²) >= 11 is 0. The van der Waals surface area contributed by atoms with Gasteiger partial charge in [-0.3, -0.25) is 4.79 Å². The number of nitrogens with zero attached hydrogens (tertiary/aromatic N) is 1. The number of hydrogen-bond acceptors (Lipinski definition) is 4. The van der Waals surface area contributed by atoms with Crippen LogP contribution in [0.15, 0.2) is 24.3 Å². The average Bonchev–Trinajstić information content (AvgIpc) is 2.53. The van der Waals surface area contributed by atoms with Crippen molar-refractivity contribution in [1.82, 2.24) is 10.2 Å². The minimum Gasteiger partial charge on any atom is -0.380 e. The van der Waals surface area contributed by atoms with Gasteiger partial charge >= 0.3 is 0 Å². The van der Waals surface area contributed by atoms with Crippen LogP contribution in [0.5, 0.6) is 0 Å². The zero-order chi connectivity index (χ0) is 15.1. The quantitative estimate of drug-likeness (QED) is 0.855. The van der Waals surface area contributed by atoms with Gasteiger partial charge in [0.25, 0.3) is 0 Å². The Hall–Kier alpha value is -1.43. The van der Waals surface area contributed by atoms with Crippen LogP contribution >= 0.6 is 0 Å². The Balaban J connectivity index is 1.83. The molecule has 0 spiro atoms. The lowest BCUT2D eigenvalue weighted by molar-refractivity contribution is -0.137. The molecule has 1 atom stereocenters. The van der Waals surface area contributed by atoms with E-state index in [1.807, 2.05) is 24.0 Å². The van der Waals surface area contributed by atoms with Gasteiger partial charge in [-0.05, 0) is 18.1 Å². The Bertz CT molecular complexity index is 459. The van der Waals surface area contributed by atoms with E-state index in [0.717, 1.165) is 11.1 Å². The third kappa shape index (κ3) is 4.81. The van der Waals surface area contributed by atoms with E-state index in [0.29, 0.717) is 39.5 Å². The molecule has 1 aliphatic heterocycles. The molecule has 0 bridgehead atoms. The third-order valence-electron chi connectivity index (χ3n) is 3.61. The number of amides is 1. The van der Waals surface area contributed by atoms with Crippen LogP contribution in [0.2, 0.25) is 0 Å². The fraction of sp³-hybridized carbons (Fsp3) is 0.562. The highest BCUT2D eigenvalue weighted by Crippen LogP contribution is 2.07. The van der Waals surface area contributed by atoms with Crippen LogP contribution in [0.25, 0.3) is 0 Å². The smallest absolute Gasteiger partial charge is 0.239 e. The van der Waals surface area contributed by atoms with Gasteiger partial charge in [-0.15, -0.1) is 0 Å². The van der Waals surface area contributed by atoms with E-state index in [4.69, 9.17) is 9.47 Å². The molecule has 1 fully saturated rings. The summed E-state index contributed by atoms with van der Waals surface area (Å²) in [5.74, 6) is 0.145. The molecule has 21 heavy (non-hydrogen) atoms. The molecule has 0 radical (unpaired) electrons. The van der Waals surface area contributed by atoms with Gasteiger partial charge in [0.2, 0.25) is 5.91 Å². The van der Waals surface area contributed by atoms with E-state index in [9.17, 15) is 4.79 Å². The molecule has 1 amide bonds. The predicted molar refractivity (Wildman–Crippen MR) is 80.9 cm³/mol. The van der Waals surface area contributed by atoms with E-state index in [1.54, 1.807) is 7.11 Å². The Morgan fingerprint density at radius 2 is 2.10 bits per heavy atom. The summed E-state index contributed by atoms with van der Waals surface area (Å²) in [5, 5.41) is 3.29. The topological polar surface area (TPSA) is 50.8 Å². The number of carbonyl (C=O) groups is 1. The molecule has 1 saturated heterocycles. The molecule has 5 heteroatoms. The van der Waals surface area contributed by atoms with Crippen molar-refractivity contribution in [3.63, 3.8) is 0 Å². The molecule has 116 valence electrons. The molecule has 0 aliphatic carbocycles. The highest BCUT2D eigenvalue weighted by Gasteiger charge is 2.21. The van der Waals surface area contributed by atoms with Crippen LogP contribution in [-0.4, -0.2) is 50.3 Å². The average molecular weight is 292 g/mol.